The molecule has 0 heterocycles. The van der Waals surface area contributed by atoms with E-state index < -0.39 is 18.6 Å². The molecular weight excluding hydrogens is 378 g/mol. The van der Waals surface area contributed by atoms with E-state index in [2.05, 4.69) is 5.32 Å². The second kappa shape index (κ2) is 11.8. The Balaban J connectivity index is 2.26. The predicted octanol–water partition coefficient (Wildman–Crippen LogP) is 2.33. The number of carboxylic acid groups (broad SMARTS) is 1. The molecule has 0 saturated heterocycles. The number of hydrogen-bond donors (Lipinski definition) is 5. The van der Waals surface area contributed by atoms with Crippen LogP contribution >= 0.6 is 23.2 Å². The lowest BCUT2D eigenvalue weighted by Crippen LogP contribution is -2.49. The fraction of sp³-hybridized carbons (Fsp3) is 0.588. The Morgan fingerprint density at radius 3 is 2.50 bits per heavy atom. The van der Waals surface area contributed by atoms with Crippen LogP contribution in [0.3, 0.4) is 0 Å². The van der Waals surface area contributed by atoms with Crippen LogP contribution in [0.25, 0.3) is 0 Å². The summed E-state index contributed by atoms with van der Waals surface area (Å²) in [6.07, 6.45) is 3.57. The molecule has 1 aromatic carbocycles. The van der Waals surface area contributed by atoms with Crippen LogP contribution in [-0.4, -0.2) is 46.9 Å². The molecule has 0 aliphatic heterocycles. The number of nitrogens with one attached hydrogen (secondary N) is 1. The third kappa shape index (κ3) is 8.71. The highest BCUT2D eigenvalue weighted by Gasteiger charge is 2.32. The summed E-state index contributed by atoms with van der Waals surface area (Å²) in [6.45, 7) is 1.23. The van der Waals surface area contributed by atoms with E-state index in [-0.39, 0.29) is 6.32 Å². The van der Waals surface area contributed by atoms with Gasteiger partial charge >= 0.3 is 13.1 Å². The molecule has 0 bridgehead atoms. The zero-order valence-corrected chi connectivity index (χ0v) is 16.3. The van der Waals surface area contributed by atoms with E-state index in [9.17, 15) is 9.90 Å². The van der Waals surface area contributed by atoms with E-state index in [1.54, 1.807) is 6.07 Å². The zero-order valence-electron chi connectivity index (χ0n) is 14.8. The van der Waals surface area contributed by atoms with Crippen LogP contribution in [-0.2, 0) is 11.2 Å². The molecule has 0 saturated carbocycles. The van der Waals surface area contributed by atoms with Gasteiger partial charge < -0.3 is 26.2 Å². The van der Waals surface area contributed by atoms with Gasteiger partial charge in [-0.25, -0.2) is 0 Å². The van der Waals surface area contributed by atoms with Gasteiger partial charge in [0.25, 0.3) is 0 Å². The summed E-state index contributed by atoms with van der Waals surface area (Å²) in [6, 6.07) is 5.43. The minimum atomic E-state index is -1.36. The van der Waals surface area contributed by atoms with Gasteiger partial charge in [0.15, 0.2) is 0 Å². The van der Waals surface area contributed by atoms with Crippen LogP contribution in [0.2, 0.25) is 16.4 Å². The molecule has 146 valence electrons. The lowest BCUT2D eigenvalue weighted by Gasteiger charge is -2.25. The molecule has 0 spiro atoms. The standard InChI is InChI=1S/C17H27BCl2N2O4/c19-14-6-5-13(15(20)12-14)4-3-10-22-11-8-17(21,16(23)24)7-1-2-9-18(25)26/h5-6,12,22,25-26H,1-4,7-11,21H2,(H,23,24). The topological polar surface area (TPSA) is 116 Å². The van der Waals surface area contributed by atoms with Gasteiger partial charge in [0.2, 0.25) is 0 Å². The molecule has 1 unspecified atom stereocenters. The van der Waals surface area contributed by atoms with Crippen LogP contribution in [0.5, 0.6) is 0 Å². The Morgan fingerprint density at radius 2 is 1.88 bits per heavy atom. The maximum atomic E-state index is 11.4. The second-order valence-corrected chi connectivity index (χ2v) is 7.37. The van der Waals surface area contributed by atoms with Crippen molar-refractivity contribution in [3.63, 3.8) is 0 Å². The summed E-state index contributed by atoms with van der Waals surface area (Å²) in [4.78, 5) is 11.4. The number of carboxylic acids is 1. The first kappa shape index (κ1) is 23.2. The molecule has 9 heteroatoms. The molecule has 0 radical (unpaired) electrons. The van der Waals surface area contributed by atoms with Crippen LogP contribution in [0.15, 0.2) is 18.2 Å². The smallest absolute Gasteiger partial charge is 0.451 e. The van der Waals surface area contributed by atoms with Gasteiger partial charge in [-0.15, -0.1) is 0 Å². The third-order valence-corrected chi connectivity index (χ3v) is 4.91. The van der Waals surface area contributed by atoms with Crippen molar-refractivity contribution in [1.29, 1.82) is 0 Å². The lowest BCUT2D eigenvalue weighted by atomic mass is 9.81. The van der Waals surface area contributed by atoms with Crippen molar-refractivity contribution in [2.24, 2.45) is 5.73 Å². The number of hydrogen-bond acceptors (Lipinski definition) is 5. The summed E-state index contributed by atoms with van der Waals surface area (Å²) in [5.41, 5.74) is 5.73. The van der Waals surface area contributed by atoms with E-state index in [0.29, 0.717) is 42.3 Å². The summed E-state index contributed by atoms with van der Waals surface area (Å²) in [5.74, 6) is -1.03. The number of unbranched alkanes of at least 4 members (excludes halogenated alkanes) is 1. The van der Waals surface area contributed by atoms with Gasteiger partial charge in [-0.05, 0) is 62.8 Å². The van der Waals surface area contributed by atoms with Gasteiger partial charge in [-0.3, -0.25) is 4.79 Å². The fourth-order valence-electron chi connectivity index (χ4n) is 2.67. The van der Waals surface area contributed by atoms with E-state index >= 15 is 0 Å². The molecule has 6 nitrogen and oxygen atoms in total. The summed E-state index contributed by atoms with van der Waals surface area (Å²) in [5, 5.41) is 31.5. The number of aliphatic carboxylic acids is 1. The van der Waals surface area contributed by atoms with E-state index in [1.807, 2.05) is 12.1 Å². The molecule has 0 fully saturated rings. The predicted molar refractivity (Wildman–Crippen MR) is 106 cm³/mol. The number of nitrogens with two attached hydrogens (primary N) is 1. The molecule has 0 aliphatic rings. The van der Waals surface area contributed by atoms with E-state index in [4.69, 9.17) is 39.0 Å². The first-order valence-corrected chi connectivity index (χ1v) is 9.53. The molecule has 1 rings (SSSR count). The van der Waals surface area contributed by atoms with E-state index in [0.717, 1.165) is 24.9 Å². The molecule has 1 atom stereocenters. The van der Waals surface area contributed by atoms with Gasteiger partial charge in [0.1, 0.15) is 5.54 Å². The number of rotatable bonds is 13. The Bertz CT molecular complexity index is 578. The average molecular weight is 405 g/mol. The van der Waals surface area contributed by atoms with Crippen LogP contribution in [0.1, 0.15) is 37.7 Å². The van der Waals surface area contributed by atoms with Gasteiger partial charge in [0.05, 0.1) is 0 Å². The van der Waals surface area contributed by atoms with Crippen molar-refractivity contribution < 1.29 is 19.9 Å². The van der Waals surface area contributed by atoms with Crippen molar-refractivity contribution in [2.45, 2.75) is 50.4 Å². The molecule has 0 aliphatic carbocycles. The molecular formula is C17H27BCl2N2O4. The summed E-state index contributed by atoms with van der Waals surface area (Å²) < 4.78 is 0. The Kier molecular flexibility index (Phi) is 10.5. The van der Waals surface area contributed by atoms with Gasteiger partial charge in [0, 0.05) is 10.0 Å². The maximum Gasteiger partial charge on any atom is 0.451 e. The zero-order chi connectivity index (χ0) is 19.6. The number of carbonyl (C=O) groups is 1. The quantitative estimate of drug-likeness (QED) is 0.254. The highest BCUT2D eigenvalue weighted by atomic mass is 35.5. The largest absolute Gasteiger partial charge is 0.480 e. The Labute approximate surface area is 164 Å². The van der Waals surface area contributed by atoms with Gasteiger partial charge in [-0.1, -0.05) is 42.1 Å². The molecule has 1 aromatic rings. The minimum absolute atomic E-state index is 0.223. The Hall–Kier alpha value is -0.825. The number of benzene rings is 1. The summed E-state index contributed by atoms with van der Waals surface area (Å²) in [7, 11) is -1.36. The third-order valence-electron chi connectivity index (χ3n) is 4.32. The second-order valence-electron chi connectivity index (χ2n) is 6.53. The molecule has 0 amide bonds. The van der Waals surface area contributed by atoms with E-state index in [1.165, 1.54) is 0 Å². The molecule has 0 aromatic heterocycles. The highest BCUT2D eigenvalue weighted by Crippen LogP contribution is 2.22. The minimum Gasteiger partial charge on any atom is -0.480 e. The fourth-order valence-corrected chi connectivity index (χ4v) is 3.17. The number of halogens is 2. The van der Waals surface area contributed by atoms with Crippen molar-refractivity contribution in [3.05, 3.63) is 33.8 Å². The van der Waals surface area contributed by atoms with Crippen LogP contribution in [0, 0.1) is 0 Å². The first-order chi connectivity index (χ1) is 12.2. The first-order valence-electron chi connectivity index (χ1n) is 8.77. The SMILES string of the molecule is NC(CCCCB(O)O)(CCNCCCc1ccc(Cl)cc1Cl)C(=O)O. The van der Waals surface area contributed by atoms with Crippen molar-refractivity contribution >= 4 is 36.3 Å². The van der Waals surface area contributed by atoms with Crippen molar-refractivity contribution in [3.8, 4) is 0 Å². The average Bonchev–Trinajstić information content (AvgIpc) is 2.56. The summed E-state index contributed by atoms with van der Waals surface area (Å²) >= 11 is 12.0. The molecule has 26 heavy (non-hydrogen) atoms. The lowest BCUT2D eigenvalue weighted by molar-refractivity contribution is -0.143. The molecule has 6 N–H and O–H groups in total. The maximum absolute atomic E-state index is 11.4. The van der Waals surface area contributed by atoms with Crippen molar-refractivity contribution in [1.82, 2.24) is 5.32 Å². The van der Waals surface area contributed by atoms with Crippen molar-refractivity contribution in [2.75, 3.05) is 13.1 Å². The number of aryl methyl sites for hydroxylation is 1. The van der Waals surface area contributed by atoms with Gasteiger partial charge in [-0.2, -0.15) is 0 Å². The normalized spacial score (nSPS) is 13.4. The Morgan fingerprint density at radius 1 is 1.15 bits per heavy atom. The monoisotopic (exact) mass is 404 g/mol. The van der Waals surface area contributed by atoms with Crippen LogP contribution in [0.4, 0.5) is 0 Å². The highest BCUT2D eigenvalue weighted by molar-refractivity contribution is 6.40. The van der Waals surface area contributed by atoms with Crippen LogP contribution < -0.4 is 11.1 Å².